The number of ether oxygens (including phenoxy) is 1. The Bertz CT molecular complexity index is 935. The first-order valence-electron chi connectivity index (χ1n) is 9.60. The highest BCUT2D eigenvalue weighted by atomic mass is 16.5. The van der Waals surface area contributed by atoms with Gasteiger partial charge < -0.3 is 14.5 Å². The van der Waals surface area contributed by atoms with Gasteiger partial charge in [0.25, 0.3) is 0 Å². The molecule has 1 N–H and O–H groups in total. The average molecular weight is 363 g/mol. The molecular weight excluding hydrogens is 338 g/mol. The van der Waals surface area contributed by atoms with Crippen LogP contribution in [0.5, 0.6) is 0 Å². The summed E-state index contributed by atoms with van der Waals surface area (Å²) in [7, 11) is 0. The quantitative estimate of drug-likeness (QED) is 0.758. The first-order chi connectivity index (χ1) is 13.2. The molecule has 0 unspecified atom stereocenters. The fraction of sp³-hybridized carbons (Fsp3) is 0.364. The molecule has 0 radical (unpaired) electrons. The Morgan fingerprint density at radius 3 is 2.70 bits per heavy atom. The van der Waals surface area contributed by atoms with Gasteiger partial charge in [-0.25, -0.2) is 4.98 Å². The molecule has 5 heteroatoms. The van der Waals surface area contributed by atoms with Gasteiger partial charge in [0.1, 0.15) is 11.8 Å². The molecule has 1 fully saturated rings. The van der Waals surface area contributed by atoms with Crippen LogP contribution in [0.3, 0.4) is 0 Å². The molecule has 3 atom stereocenters. The maximum Gasteiger partial charge on any atom is 0.217 e. The molecular formula is C22H25N3O2. The maximum atomic E-state index is 11.6. The molecule has 4 rings (SSSR count). The van der Waals surface area contributed by atoms with E-state index in [1.54, 1.807) is 6.92 Å². The number of amides is 1. The number of hydrogen-bond acceptors (Lipinski definition) is 3. The van der Waals surface area contributed by atoms with Gasteiger partial charge in [-0.05, 0) is 31.4 Å². The van der Waals surface area contributed by atoms with Crippen molar-refractivity contribution >= 4 is 11.6 Å². The lowest BCUT2D eigenvalue weighted by atomic mass is 9.93. The smallest absolute Gasteiger partial charge is 0.217 e. The number of pyridine rings is 1. The van der Waals surface area contributed by atoms with Gasteiger partial charge in [0.05, 0.1) is 17.5 Å². The Hall–Kier alpha value is -2.66. The van der Waals surface area contributed by atoms with Crippen LogP contribution in [0.1, 0.15) is 44.9 Å². The Balaban J connectivity index is 1.80. The molecule has 0 bridgehead atoms. The van der Waals surface area contributed by atoms with E-state index in [0.717, 1.165) is 41.9 Å². The molecule has 1 amide bonds. The zero-order valence-corrected chi connectivity index (χ0v) is 15.8. The minimum atomic E-state index is -0.117. The number of hydrogen-bond donors (Lipinski definition) is 1. The number of carbonyl (C=O) groups is 1. The molecule has 3 aromatic rings. The summed E-state index contributed by atoms with van der Waals surface area (Å²) in [5.74, 6) is 0.0110. The molecule has 1 saturated heterocycles. The van der Waals surface area contributed by atoms with Gasteiger partial charge in [0.2, 0.25) is 5.91 Å². The summed E-state index contributed by atoms with van der Waals surface area (Å²) in [5.41, 5.74) is 3.99. The molecule has 27 heavy (non-hydrogen) atoms. The van der Waals surface area contributed by atoms with E-state index in [1.807, 2.05) is 42.6 Å². The van der Waals surface area contributed by atoms with E-state index in [2.05, 4.69) is 28.8 Å². The number of rotatable bonds is 4. The van der Waals surface area contributed by atoms with Crippen LogP contribution in [0.15, 0.2) is 54.7 Å². The second kappa shape index (κ2) is 7.53. The van der Waals surface area contributed by atoms with E-state index in [9.17, 15) is 4.79 Å². The summed E-state index contributed by atoms with van der Waals surface area (Å²) >= 11 is 0. The lowest BCUT2D eigenvalue weighted by Gasteiger charge is -2.35. The Morgan fingerprint density at radius 1 is 1.19 bits per heavy atom. The highest BCUT2D eigenvalue weighted by molar-refractivity contribution is 5.73. The van der Waals surface area contributed by atoms with Crippen molar-refractivity contribution in [3.63, 3.8) is 0 Å². The predicted octanol–water partition coefficient (Wildman–Crippen LogP) is 4.14. The number of imidazole rings is 1. The van der Waals surface area contributed by atoms with Gasteiger partial charge >= 0.3 is 0 Å². The summed E-state index contributed by atoms with van der Waals surface area (Å²) < 4.78 is 8.57. The molecule has 1 aliphatic heterocycles. The first-order valence-corrected chi connectivity index (χ1v) is 9.60. The van der Waals surface area contributed by atoms with E-state index in [1.165, 1.54) is 0 Å². The lowest BCUT2D eigenvalue weighted by molar-refractivity contribution is -0.122. The molecule has 3 heterocycles. The standard InChI is InChI=1S/C22H25N3O2/c1-3-18-13-17(23-15(2)26)14-19(27-18)22-21(16-9-5-4-6-10-16)24-20-11-7-8-12-25(20)22/h4-12,17-19H,3,13-14H2,1-2H3,(H,23,26)/t17-,18+,19+/m1/s1. The number of nitrogens with one attached hydrogen (secondary N) is 1. The number of carbonyl (C=O) groups excluding carboxylic acids is 1. The fourth-order valence-corrected chi connectivity index (χ4v) is 3.99. The van der Waals surface area contributed by atoms with Crippen molar-refractivity contribution in [2.75, 3.05) is 0 Å². The van der Waals surface area contributed by atoms with Gasteiger partial charge in [0.15, 0.2) is 0 Å². The molecule has 2 aromatic heterocycles. The predicted molar refractivity (Wildman–Crippen MR) is 105 cm³/mol. The van der Waals surface area contributed by atoms with E-state index in [-0.39, 0.29) is 24.2 Å². The van der Waals surface area contributed by atoms with Crippen LogP contribution in [0, 0.1) is 0 Å². The van der Waals surface area contributed by atoms with E-state index in [4.69, 9.17) is 9.72 Å². The van der Waals surface area contributed by atoms with Gasteiger partial charge in [-0.1, -0.05) is 43.3 Å². The zero-order chi connectivity index (χ0) is 18.8. The second-order valence-electron chi connectivity index (χ2n) is 7.16. The summed E-state index contributed by atoms with van der Waals surface area (Å²) in [4.78, 5) is 16.5. The lowest BCUT2D eigenvalue weighted by Crippen LogP contribution is -2.42. The summed E-state index contributed by atoms with van der Waals surface area (Å²) in [6, 6.07) is 16.4. The molecule has 0 spiro atoms. The Labute approximate surface area is 159 Å². The summed E-state index contributed by atoms with van der Waals surface area (Å²) in [6.45, 7) is 3.71. The first kappa shape index (κ1) is 17.7. The number of nitrogens with zero attached hydrogens (tertiary/aromatic N) is 2. The normalized spacial score (nSPS) is 22.7. The van der Waals surface area contributed by atoms with Crippen LogP contribution in [0.4, 0.5) is 0 Å². The molecule has 1 aromatic carbocycles. The highest BCUT2D eigenvalue weighted by Crippen LogP contribution is 2.38. The third-order valence-electron chi connectivity index (χ3n) is 5.18. The van der Waals surface area contributed by atoms with Gasteiger partial charge in [-0.15, -0.1) is 0 Å². The third kappa shape index (κ3) is 3.60. The minimum absolute atomic E-state index is 0.0110. The van der Waals surface area contributed by atoms with Gasteiger partial charge in [-0.2, -0.15) is 0 Å². The van der Waals surface area contributed by atoms with Crippen molar-refractivity contribution in [3.8, 4) is 11.3 Å². The molecule has 1 aliphatic rings. The zero-order valence-electron chi connectivity index (χ0n) is 15.8. The van der Waals surface area contributed by atoms with Crippen molar-refractivity contribution in [3.05, 3.63) is 60.4 Å². The van der Waals surface area contributed by atoms with Crippen molar-refractivity contribution < 1.29 is 9.53 Å². The van der Waals surface area contributed by atoms with Crippen molar-refractivity contribution in [2.24, 2.45) is 0 Å². The summed E-state index contributed by atoms with van der Waals surface area (Å²) in [5, 5.41) is 3.10. The Morgan fingerprint density at radius 2 is 1.96 bits per heavy atom. The summed E-state index contributed by atoms with van der Waals surface area (Å²) in [6.07, 6.45) is 4.56. The number of fused-ring (bicyclic) bond motifs is 1. The SMILES string of the molecule is CC[C@H]1C[C@@H](NC(C)=O)C[C@@H](c2c(-c3ccccc3)nc3ccccn23)O1. The molecule has 140 valence electrons. The van der Waals surface area contributed by atoms with E-state index < -0.39 is 0 Å². The second-order valence-corrected chi connectivity index (χ2v) is 7.16. The van der Waals surface area contributed by atoms with Crippen molar-refractivity contribution in [1.29, 1.82) is 0 Å². The van der Waals surface area contributed by atoms with Crippen LogP contribution in [-0.4, -0.2) is 27.4 Å². The van der Waals surface area contributed by atoms with Crippen LogP contribution in [0.2, 0.25) is 0 Å². The van der Waals surface area contributed by atoms with E-state index in [0.29, 0.717) is 0 Å². The van der Waals surface area contributed by atoms with E-state index >= 15 is 0 Å². The molecule has 0 aliphatic carbocycles. The fourth-order valence-electron chi connectivity index (χ4n) is 3.99. The average Bonchev–Trinajstić information content (AvgIpc) is 3.07. The van der Waals surface area contributed by atoms with Crippen LogP contribution >= 0.6 is 0 Å². The van der Waals surface area contributed by atoms with Crippen LogP contribution in [-0.2, 0) is 9.53 Å². The molecule has 5 nitrogen and oxygen atoms in total. The number of aromatic nitrogens is 2. The van der Waals surface area contributed by atoms with Gasteiger partial charge in [-0.3, -0.25) is 4.79 Å². The van der Waals surface area contributed by atoms with Crippen molar-refractivity contribution in [1.82, 2.24) is 14.7 Å². The minimum Gasteiger partial charge on any atom is -0.369 e. The van der Waals surface area contributed by atoms with Crippen LogP contribution < -0.4 is 5.32 Å². The topological polar surface area (TPSA) is 55.6 Å². The van der Waals surface area contributed by atoms with Gasteiger partial charge in [0, 0.05) is 24.7 Å². The third-order valence-corrected chi connectivity index (χ3v) is 5.18. The Kier molecular flexibility index (Phi) is 4.94. The largest absolute Gasteiger partial charge is 0.369 e. The van der Waals surface area contributed by atoms with Crippen LogP contribution in [0.25, 0.3) is 16.9 Å². The monoisotopic (exact) mass is 363 g/mol. The highest BCUT2D eigenvalue weighted by Gasteiger charge is 2.33. The number of benzene rings is 1. The maximum absolute atomic E-state index is 11.6. The van der Waals surface area contributed by atoms with Crippen molar-refractivity contribution in [2.45, 2.75) is 51.4 Å². The molecule has 0 saturated carbocycles.